The van der Waals surface area contributed by atoms with Crippen LogP contribution in [-0.4, -0.2) is 52.4 Å². The van der Waals surface area contributed by atoms with E-state index in [0.29, 0.717) is 9.80 Å². The summed E-state index contributed by atoms with van der Waals surface area (Å²) < 4.78 is 27.3. The third-order valence-electron chi connectivity index (χ3n) is 2.58. The maximum atomic E-state index is 13.7. The van der Waals surface area contributed by atoms with Gasteiger partial charge in [-0.3, -0.25) is 29.0 Å². The van der Waals surface area contributed by atoms with E-state index in [1.807, 2.05) is 0 Å². The number of carbonyl (C=O) groups is 4. The predicted molar refractivity (Wildman–Crippen MR) is 56.7 cm³/mol. The number of alkyl halides is 2. The molecule has 4 amide bonds. The van der Waals surface area contributed by atoms with Gasteiger partial charge in [-0.05, 0) is 0 Å². The van der Waals surface area contributed by atoms with Crippen LogP contribution in [0.1, 0.15) is 0 Å². The minimum atomic E-state index is -3.56. The lowest BCUT2D eigenvalue weighted by Crippen LogP contribution is -2.48. The standard InChI is InChI=1S/C11H8F2N2O4/c12-11(13,5-14-7(16)1-2-8(14)17)6-15-9(18)3-4-10(15)19/h1-4H,5-6H2. The zero-order valence-corrected chi connectivity index (χ0v) is 9.51. The van der Waals surface area contributed by atoms with Crippen molar-refractivity contribution in [1.29, 1.82) is 0 Å². The molecule has 2 heterocycles. The van der Waals surface area contributed by atoms with Crippen LogP contribution in [0.15, 0.2) is 24.3 Å². The van der Waals surface area contributed by atoms with Crippen molar-refractivity contribution in [2.75, 3.05) is 13.1 Å². The average Bonchev–Trinajstić information content (AvgIpc) is 2.79. The molecule has 8 heteroatoms. The predicted octanol–water partition coefficient (Wildman–Crippen LogP) is -0.528. The van der Waals surface area contributed by atoms with Crippen LogP contribution in [0.5, 0.6) is 0 Å². The van der Waals surface area contributed by atoms with Crippen LogP contribution >= 0.6 is 0 Å². The van der Waals surface area contributed by atoms with Gasteiger partial charge in [0.05, 0.1) is 13.1 Å². The fraction of sp³-hybridized carbons (Fsp3) is 0.273. The van der Waals surface area contributed by atoms with Crippen molar-refractivity contribution in [2.45, 2.75) is 5.92 Å². The van der Waals surface area contributed by atoms with E-state index in [9.17, 15) is 28.0 Å². The number of hydrogen-bond donors (Lipinski definition) is 0. The number of nitrogens with zero attached hydrogens (tertiary/aromatic N) is 2. The molecule has 0 aromatic heterocycles. The summed E-state index contributed by atoms with van der Waals surface area (Å²) in [7, 11) is 0. The second kappa shape index (κ2) is 4.38. The Morgan fingerprint density at radius 3 is 1.26 bits per heavy atom. The van der Waals surface area contributed by atoms with E-state index in [4.69, 9.17) is 0 Å². The molecule has 0 saturated carbocycles. The Balaban J connectivity index is 2.03. The summed E-state index contributed by atoms with van der Waals surface area (Å²) >= 11 is 0. The third-order valence-corrected chi connectivity index (χ3v) is 2.58. The summed E-state index contributed by atoms with van der Waals surface area (Å²) in [6.07, 6.45) is 3.52. The summed E-state index contributed by atoms with van der Waals surface area (Å²) in [5.74, 6) is -6.94. The minimum absolute atomic E-state index is 0.360. The highest BCUT2D eigenvalue weighted by Gasteiger charge is 2.41. The fourth-order valence-corrected chi connectivity index (χ4v) is 1.69. The van der Waals surface area contributed by atoms with Gasteiger partial charge in [-0.2, -0.15) is 0 Å². The Morgan fingerprint density at radius 1 is 0.737 bits per heavy atom. The highest BCUT2D eigenvalue weighted by atomic mass is 19.3. The molecule has 0 saturated heterocycles. The first-order valence-corrected chi connectivity index (χ1v) is 5.25. The van der Waals surface area contributed by atoms with Crippen molar-refractivity contribution < 1.29 is 28.0 Å². The maximum absolute atomic E-state index is 13.7. The van der Waals surface area contributed by atoms with Gasteiger partial charge in [0, 0.05) is 24.3 Å². The van der Waals surface area contributed by atoms with Gasteiger partial charge >= 0.3 is 0 Å². The normalized spacial score (nSPS) is 19.3. The molecule has 0 atom stereocenters. The van der Waals surface area contributed by atoms with E-state index in [1.54, 1.807) is 0 Å². The Morgan fingerprint density at radius 2 is 1.00 bits per heavy atom. The first kappa shape index (κ1) is 13.1. The van der Waals surface area contributed by atoms with Crippen molar-refractivity contribution in [3.63, 3.8) is 0 Å². The van der Waals surface area contributed by atoms with Gasteiger partial charge in [0.2, 0.25) is 0 Å². The molecular formula is C11H8F2N2O4. The zero-order valence-electron chi connectivity index (χ0n) is 9.51. The lowest BCUT2D eigenvalue weighted by atomic mass is 10.2. The SMILES string of the molecule is O=C1C=CC(=O)N1CC(F)(F)CN1C(=O)C=CC1=O. The Bertz CT molecular complexity index is 457. The van der Waals surface area contributed by atoms with Crippen molar-refractivity contribution >= 4 is 23.6 Å². The molecule has 100 valence electrons. The summed E-state index contributed by atoms with van der Waals surface area (Å²) in [6.45, 7) is -2.34. The van der Waals surface area contributed by atoms with E-state index in [0.717, 1.165) is 24.3 Å². The molecular weight excluding hydrogens is 262 g/mol. The first-order valence-electron chi connectivity index (χ1n) is 5.25. The van der Waals surface area contributed by atoms with Crippen molar-refractivity contribution in [2.24, 2.45) is 0 Å². The molecule has 6 nitrogen and oxygen atoms in total. The lowest BCUT2D eigenvalue weighted by Gasteiger charge is -2.25. The molecule has 19 heavy (non-hydrogen) atoms. The Hall–Kier alpha value is -2.38. The molecule has 0 fully saturated rings. The molecule has 2 aliphatic rings. The maximum Gasteiger partial charge on any atom is 0.283 e. The number of hydrogen-bond acceptors (Lipinski definition) is 4. The summed E-state index contributed by atoms with van der Waals surface area (Å²) in [4.78, 5) is 45.3. The topological polar surface area (TPSA) is 74.8 Å². The summed E-state index contributed by atoms with van der Waals surface area (Å²) in [5, 5.41) is 0. The van der Waals surface area contributed by atoms with Crippen molar-refractivity contribution in [1.82, 2.24) is 9.80 Å². The summed E-state index contributed by atoms with van der Waals surface area (Å²) in [6, 6.07) is 0. The monoisotopic (exact) mass is 270 g/mol. The first-order chi connectivity index (χ1) is 8.80. The van der Waals surface area contributed by atoms with Gasteiger partial charge in [0.25, 0.3) is 29.6 Å². The van der Waals surface area contributed by atoms with Crippen LogP contribution in [0.25, 0.3) is 0 Å². The van der Waals surface area contributed by atoms with Crippen LogP contribution in [-0.2, 0) is 19.2 Å². The van der Waals surface area contributed by atoms with Gasteiger partial charge in [-0.1, -0.05) is 0 Å². The van der Waals surface area contributed by atoms with Crippen LogP contribution in [0.4, 0.5) is 8.78 Å². The molecule has 2 rings (SSSR count). The molecule has 0 aromatic rings. The van der Waals surface area contributed by atoms with Crippen LogP contribution in [0, 0.1) is 0 Å². The van der Waals surface area contributed by atoms with E-state index in [1.165, 1.54) is 0 Å². The summed E-state index contributed by atoms with van der Waals surface area (Å²) in [5.41, 5.74) is 0. The van der Waals surface area contributed by atoms with Crippen LogP contribution in [0.2, 0.25) is 0 Å². The van der Waals surface area contributed by atoms with Crippen LogP contribution < -0.4 is 0 Å². The molecule has 0 unspecified atom stereocenters. The second-order valence-corrected chi connectivity index (χ2v) is 4.05. The number of halogens is 2. The van der Waals surface area contributed by atoms with E-state index >= 15 is 0 Å². The Labute approximate surface area is 105 Å². The van der Waals surface area contributed by atoms with Gasteiger partial charge in [0.15, 0.2) is 0 Å². The van der Waals surface area contributed by atoms with Crippen molar-refractivity contribution in [3.8, 4) is 0 Å². The van der Waals surface area contributed by atoms with E-state index in [-0.39, 0.29) is 0 Å². The number of imide groups is 2. The highest BCUT2D eigenvalue weighted by Crippen LogP contribution is 2.21. The molecule has 0 spiro atoms. The quantitative estimate of drug-likeness (QED) is 0.644. The van der Waals surface area contributed by atoms with Crippen molar-refractivity contribution in [3.05, 3.63) is 24.3 Å². The van der Waals surface area contributed by atoms with Gasteiger partial charge in [-0.15, -0.1) is 0 Å². The van der Waals surface area contributed by atoms with Gasteiger partial charge in [0.1, 0.15) is 0 Å². The number of carbonyl (C=O) groups excluding carboxylic acids is 4. The second-order valence-electron chi connectivity index (χ2n) is 4.05. The largest absolute Gasteiger partial charge is 0.283 e. The van der Waals surface area contributed by atoms with Crippen LogP contribution in [0.3, 0.4) is 0 Å². The molecule has 0 bridgehead atoms. The Kier molecular flexibility index (Phi) is 3.01. The molecule has 0 aromatic carbocycles. The zero-order chi connectivity index (χ0) is 14.2. The van der Waals surface area contributed by atoms with E-state index in [2.05, 4.69) is 0 Å². The average molecular weight is 270 g/mol. The number of rotatable bonds is 4. The molecule has 0 N–H and O–H groups in total. The minimum Gasteiger partial charge on any atom is -0.269 e. The highest BCUT2D eigenvalue weighted by molar-refractivity contribution is 6.13. The smallest absolute Gasteiger partial charge is 0.269 e. The fourth-order valence-electron chi connectivity index (χ4n) is 1.69. The molecule has 0 aliphatic carbocycles. The van der Waals surface area contributed by atoms with Gasteiger partial charge in [-0.25, -0.2) is 8.78 Å². The number of amides is 4. The van der Waals surface area contributed by atoms with E-state index < -0.39 is 42.6 Å². The lowest BCUT2D eigenvalue weighted by molar-refractivity contribution is -0.148. The molecule has 2 aliphatic heterocycles. The third kappa shape index (κ3) is 2.56. The molecule has 0 radical (unpaired) electrons. The van der Waals surface area contributed by atoms with Gasteiger partial charge < -0.3 is 0 Å².